The summed E-state index contributed by atoms with van der Waals surface area (Å²) >= 11 is 0. The van der Waals surface area contributed by atoms with Gasteiger partial charge in [0.15, 0.2) is 5.75 Å². The summed E-state index contributed by atoms with van der Waals surface area (Å²) in [7, 11) is 0. The molecule has 140 valence electrons. The number of halogens is 6. The molecule has 26 heavy (non-hydrogen) atoms. The molecule has 0 fully saturated rings. The monoisotopic (exact) mass is 378 g/mol. The van der Waals surface area contributed by atoms with Crippen molar-refractivity contribution in [1.29, 1.82) is 0 Å². The van der Waals surface area contributed by atoms with Gasteiger partial charge in [0.05, 0.1) is 11.3 Å². The SMILES string of the molecule is O=C(NCc1ccc(C(F)(F)F)cc1)Nc1ccccc1OC(F)(F)F. The Bertz CT molecular complexity index is 757. The molecule has 0 aliphatic rings. The molecule has 0 radical (unpaired) electrons. The summed E-state index contributed by atoms with van der Waals surface area (Å²) in [6.07, 6.45) is -9.39. The second kappa shape index (κ2) is 7.54. The van der Waals surface area contributed by atoms with Gasteiger partial charge < -0.3 is 15.4 Å². The molecule has 2 aromatic carbocycles. The van der Waals surface area contributed by atoms with E-state index in [0.717, 1.165) is 18.2 Å². The zero-order chi connectivity index (χ0) is 19.4. The van der Waals surface area contributed by atoms with E-state index < -0.39 is 29.9 Å². The molecule has 0 heterocycles. The highest BCUT2D eigenvalue weighted by atomic mass is 19.4. The standard InChI is InChI=1S/C16H12F6N2O2/c17-15(18,19)11-7-5-10(6-8-11)9-23-14(25)24-12-3-1-2-4-13(12)26-16(20,21)22/h1-8H,9H2,(H2,23,24,25). The molecule has 2 aromatic rings. The van der Waals surface area contributed by atoms with Gasteiger partial charge in [-0.25, -0.2) is 4.79 Å². The molecular weight excluding hydrogens is 366 g/mol. The second-order valence-corrected chi connectivity index (χ2v) is 5.05. The molecule has 0 aliphatic carbocycles. The molecule has 2 rings (SSSR count). The number of ether oxygens (including phenoxy) is 1. The lowest BCUT2D eigenvalue weighted by atomic mass is 10.1. The number of benzene rings is 2. The number of alkyl halides is 6. The van der Waals surface area contributed by atoms with Gasteiger partial charge in [0.1, 0.15) is 0 Å². The molecular formula is C16H12F6N2O2. The molecule has 0 saturated carbocycles. The summed E-state index contributed by atoms with van der Waals surface area (Å²) in [5.74, 6) is -0.593. The van der Waals surface area contributed by atoms with Gasteiger partial charge in [-0.15, -0.1) is 13.2 Å². The first-order valence-electron chi connectivity index (χ1n) is 7.10. The van der Waals surface area contributed by atoms with E-state index in [1.54, 1.807) is 0 Å². The smallest absolute Gasteiger partial charge is 0.404 e. The maximum absolute atomic E-state index is 12.5. The zero-order valence-electron chi connectivity index (χ0n) is 12.9. The van der Waals surface area contributed by atoms with Gasteiger partial charge in [-0.3, -0.25) is 0 Å². The van der Waals surface area contributed by atoms with E-state index in [1.165, 1.54) is 30.3 Å². The third-order valence-corrected chi connectivity index (χ3v) is 3.10. The molecule has 0 spiro atoms. The number of rotatable bonds is 4. The highest BCUT2D eigenvalue weighted by Crippen LogP contribution is 2.30. The molecule has 0 bridgehead atoms. The van der Waals surface area contributed by atoms with E-state index in [2.05, 4.69) is 15.4 Å². The zero-order valence-corrected chi connectivity index (χ0v) is 12.9. The van der Waals surface area contributed by atoms with Crippen molar-refractivity contribution >= 4 is 11.7 Å². The van der Waals surface area contributed by atoms with Crippen LogP contribution in [0.15, 0.2) is 48.5 Å². The van der Waals surface area contributed by atoms with Crippen molar-refractivity contribution in [3.05, 3.63) is 59.7 Å². The maximum Gasteiger partial charge on any atom is 0.573 e. The minimum atomic E-state index is -4.92. The number of carbonyl (C=O) groups excluding carboxylic acids is 1. The van der Waals surface area contributed by atoms with Gasteiger partial charge in [-0.2, -0.15) is 13.2 Å². The Balaban J connectivity index is 1.95. The lowest BCUT2D eigenvalue weighted by Crippen LogP contribution is -2.29. The van der Waals surface area contributed by atoms with Crippen molar-refractivity contribution < 1.29 is 35.9 Å². The summed E-state index contributed by atoms with van der Waals surface area (Å²) in [5, 5.41) is 4.51. The molecule has 0 atom stereocenters. The first-order valence-corrected chi connectivity index (χ1v) is 7.10. The Morgan fingerprint density at radius 2 is 1.54 bits per heavy atom. The van der Waals surface area contributed by atoms with Crippen molar-refractivity contribution in [3.63, 3.8) is 0 Å². The fraction of sp³-hybridized carbons (Fsp3) is 0.188. The van der Waals surface area contributed by atoms with Gasteiger partial charge in [0.2, 0.25) is 0 Å². The number of nitrogens with one attached hydrogen (secondary N) is 2. The molecule has 0 aromatic heterocycles. The summed E-state index contributed by atoms with van der Waals surface area (Å²) in [6, 6.07) is 8.18. The van der Waals surface area contributed by atoms with Crippen LogP contribution >= 0.6 is 0 Å². The minimum Gasteiger partial charge on any atom is -0.404 e. The lowest BCUT2D eigenvalue weighted by molar-refractivity contribution is -0.274. The first kappa shape index (κ1) is 19.4. The molecule has 0 saturated heterocycles. The van der Waals surface area contributed by atoms with Gasteiger partial charge in [0, 0.05) is 6.54 Å². The summed E-state index contributed by atoms with van der Waals surface area (Å²) in [6.45, 7) is -0.119. The summed E-state index contributed by atoms with van der Waals surface area (Å²) < 4.78 is 78.1. The fourth-order valence-corrected chi connectivity index (χ4v) is 1.94. The van der Waals surface area contributed by atoms with Crippen LogP contribution in [0.25, 0.3) is 0 Å². The molecule has 2 N–H and O–H groups in total. The Morgan fingerprint density at radius 3 is 2.12 bits per heavy atom. The van der Waals surface area contributed by atoms with Crippen molar-refractivity contribution in [2.45, 2.75) is 19.1 Å². The predicted molar refractivity (Wildman–Crippen MR) is 80.4 cm³/mol. The Kier molecular flexibility index (Phi) is 5.63. The third kappa shape index (κ3) is 5.87. The van der Waals surface area contributed by atoms with E-state index in [1.807, 2.05) is 0 Å². The molecule has 10 heteroatoms. The van der Waals surface area contributed by atoms with E-state index in [9.17, 15) is 31.1 Å². The van der Waals surface area contributed by atoms with Crippen molar-refractivity contribution in [1.82, 2.24) is 5.32 Å². The van der Waals surface area contributed by atoms with E-state index in [0.29, 0.717) is 5.56 Å². The molecule has 4 nitrogen and oxygen atoms in total. The second-order valence-electron chi connectivity index (χ2n) is 5.05. The van der Waals surface area contributed by atoms with E-state index in [4.69, 9.17) is 0 Å². The number of urea groups is 1. The van der Waals surface area contributed by atoms with Crippen LogP contribution in [-0.4, -0.2) is 12.4 Å². The Labute approximate surface area is 143 Å². The van der Waals surface area contributed by atoms with Crippen LogP contribution in [-0.2, 0) is 12.7 Å². The van der Waals surface area contributed by atoms with Crippen molar-refractivity contribution in [2.75, 3.05) is 5.32 Å². The predicted octanol–water partition coefficient (Wildman–Crippen LogP) is 4.93. The quantitative estimate of drug-likeness (QED) is 0.742. The fourth-order valence-electron chi connectivity index (χ4n) is 1.94. The van der Waals surface area contributed by atoms with Crippen molar-refractivity contribution in [3.8, 4) is 5.75 Å². The number of anilines is 1. The summed E-state index contributed by atoms with van der Waals surface area (Å²) in [4.78, 5) is 11.8. The van der Waals surface area contributed by atoms with Crippen LogP contribution in [0, 0.1) is 0 Å². The van der Waals surface area contributed by atoms with Crippen LogP contribution < -0.4 is 15.4 Å². The topological polar surface area (TPSA) is 50.4 Å². The number of para-hydroxylation sites is 2. The average molecular weight is 378 g/mol. The first-order chi connectivity index (χ1) is 12.0. The number of hydrogen-bond donors (Lipinski definition) is 2. The van der Waals surface area contributed by atoms with Gasteiger partial charge in [-0.05, 0) is 29.8 Å². The number of carbonyl (C=O) groups is 1. The number of amides is 2. The molecule has 0 aliphatic heterocycles. The summed E-state index contributed by atoms with van der Waals surface area (Å²) in [5.41, 5.74) is -0.661. The highest BCUT2D eigenvalue weighted by molar-refractivity contribution is 5.90. The molecule has 0 unspecified atom stereocenters. The van der Waals surface area contributed by atoms with Crippen LogP contribution in [0.5, 0.6) is 5.75 Å². The van der Waals surface area contributed by atoms with Gasteiger partial charge in [-0.1, -0.05) is 24.3 Å². The van der Waals surface area contributed by atoms with Gasteiger partial charge in [0.25, 0.3) is 0 Å². The lowest BCUT2D eigenvalue weighted by Gasteiger charge is -2.14. The Morgan fingerprint density at radius 1 is 0.923 bits per heavy atom. The Hall–Kier alpha value is -2.91. The van der Waals surface area contributed by atoms with Crippen LogP contribution in [0.2, 0.25) is 0 Å². The minimum absolute atomic E-state index is 0.119. The van der Waals surface area contributed by atoms with Crippen LogP contribution in [0.4, 0.5) is 36.8 Å². The van der Waals surface area contributed by atoms with Crippen LogP contribution in [0.1, 0.15) is 11.1 Å². The highest BCUT2D eigenvalue weighted by Gasteiger charge is 2.32. The van der Waals surface area contributed by atoms with Crippen molar-refractivity contribution in [2.24, 2.45) is 0 Å². The maximum atomic E-state index is 12.5. The normalized spacial score (nSPS) is 11.8. The third-order valence-electron chi connectivity index (χ3n) is 3.10. The number of hydrogen-bond acceptors (Lipinski definition) is 2. The van der Waals surface area contributed by atoms with Gasteiger partial charge >= 0.3 is 18.6 Å². The van der Waals surface area contributed by atoms with E-state index >= 15 is 0 Å². The van der Waals surface area contributed by atoms with Crippen LogP contribution in [0.3, 0.4) is 0 Å². The largest absolute Gasteiger partial charge is 0.573 e. The molecule has 2 amide bonds. The average Bonchev–Trinajstić information content (AvgIpc) is 2.53. The van der Waals surface area contributed by atoms with E-state index in [-0.39, 0.29) is 12.2 Å².